The van der Waals surface area contributed by atoms with E-state index in [4.69, 9.17) is 9.97 Å². The number of rotatable bonds is 3. The first-order chi connectivity index (χ1) is 23.8. The Bertz CT molecular complexity index is 2960. The molecule has 0 N–H and O–H groups in total. The van der Waals surface area contributed by atoms with Crippen LogP contribution in [0, 0.1) is 11.3 Å². The molecule has 0 aliphatic rings. The first-order valence-corrected chi connectivity index (χ1v) is 16.0. The molecule has 0 aliphatic carbocycles. The van der Waals surface area contributed by atoms with Gasteiger partial charge < -0.3 is 4.57 Å². The van der Waals surface area contributed by atoms with E-state index in [0.29, 0.717) is 11.6 Å². The highest BCUT2D eigenvalue weighted by molar-refractivity contribution is 6.22. The smallest absolute Gasteiger partial charge is 0.236 e. The highest BCUT2D eigenvalue weighted by atomic mass is 15.2. The van der Waals surface area contributed by atoms with Crippen LogP contribution in [0.3, 0.4) is 0 Å². The van der Waals surface area contributed by atoms with Gasteiger partial charge >= 0.3 is 0 Å². The molecule has 0 atom stereocenters. The van der Waals surface area contributed by atoms with Gasteiger partial charge in [0.25, 0.3) is 0 Å². The summed E-state index contributed by atoms with van der Waals surface area (Å²) < 4.78 is 4.45. The van der Waals surface area contributed by atoms with Gasteiger partial charge in [-0.05, 0) is 82.6 Å². The molecule has 0 radical (unpaired) electrons. The number of para-hydroxylation sites is 3. The second-order valence-corrected chi connectivity index (χ2v) is 12.2. The maximum Gasteiger partial charge on any atom is 0.236 e. The van der Waals surface area contributed by atoms with Gasteiger partial charge in [-0.2, -0.15) is 5.26 Å². The van der Waals surface area contributed by atoms with Crippen molar-refractivity contribution in [2.24, 2.45) is 0 Å². The van der Waals surface area contributed by atoms with Crippen LogP contribution in [0.15, 0.2) is 152 Å². The Kier molecular flexibility index (Phi) is 5.57. The summed E-state index contributed by atoms with van der Waals surface area (Å²) in [7, 11) is 0. The summed E-state index contributed by atoms with van der Waals surface area (Å²) in [5, 5.41) is 17.9. The fourth-order valence-electron chi connectivity index (χ4n) is 7.44. The molecule has 0 unspecified atom stereocenters. The average Bonchev–Trinajstić information content (AvgIpc) is 3.67. The highest BCUT2D eigenvalue weighted by Gasteiger charge is 2.19. The molecule has 48 heavy (non-hydrogen) atoms. The van der Waals surface area contributed by atoms with E-state index in [0.717, 1.165) is 49.5 Å². The minimum absolute atomic E-state index is 0.369. The van der Waals surface area contributed by atoms with E-state index in [2.05, 4.69) is 137 Å². The van der Waals surface area contributed by atoms with Gasteiger partial charge in [-0.1, -0.05) is 91.0 Å². The second kappa shape index (κ2) is 10.1. The SMILES string of the molecule is N#Cc1nc(-n2c3ccccc3c3cc(-c4ccc5c(c4)c4c6ccccc6ccc4n5-c4ccccc4)ccc32)nc2ccccc12. The number of aromatic nitrogens is 4. The van der Waals surface area contributed by atoms with Gasteiger partial charge in [0.05, 0.1) is 27.6 Å². The Morgan fingerprint density at radius 1 is 0.458 bits per heavy atom. The molecule has 0 fully saturated rings. The van der Waals surface area contributed by atoms with Crippen molar-refractivity contribution in [3.8, 4) is 28.8 Å². The Morgan fingerprint density at radius 3 is 1.90 bits per heavy atom. The lowest BCUT2D eigenvalue weighted by Crippen LogP contribution is -2.03. The fraction of sp³-hybridized carbons (Fsp3) is 0. The van der Waals surface area contributed by atoms with Crippen LogP contribution in [-0.2, 0) is 0 Å². The molecule has 3 heterocycles. The maximum atomic E-state index is 9.96. The van der Waals surface area contributed by atoms with Gasteiger partial charge in [0.2, 0.25) is 5.95 Å². The normalized spacial score (nSPS) is 11.7. The molecule has 0 saturated carbocycles. The predicted molar refractivity (Wildman–Crippen MR) is 196 cm³/mol. The number of hydrogen-bond acceptors (Lipinski definition) is 3. The Labute approximate surface area is 275 Å². The molecule has 0 saturated heterocycles. The van der Waals surface area contributed by atoms with Crippen molar-refractivity contribution in [3.63, 3.8) is 0 Å². The molecular formula is C43H25N5. The van der Waals surface area contributed by atoms with Gasteiger partial charge in [0.1, 0.15) is 6.07 Å². The van der Waals surface area contributed by atoms with Gasteiger partial charge in [-0.15, -0.1) is 0 Å². The molecule has 0 aliphatic heterocycles. The van der Waals surface area contributed by atoms with Crippen LogP contribution >= 0.6 is 0 Å². The molecule has 3 aromatic heterocycles. The molecule has 10 aromatic rings. The van der Waals surface area contributed by atoms with Crippen LogP contribution in [0.4, 0.5) is 0 Å². The van der Waals surface area contributed by atoms with Crippen LogP contribution in [0.25, 0.3) is 88.0 Å². The zero-order chi connectivity index (χ0) is 31.8. The predicted octanol–water partition coefficient (Wildman–Crippen LogP) is 10.5. The van der Waals surface area contributed by atoms with E-state index >= 15 is 0 Å². The quantitative estimate of drug-likeness (QED) is 0.200. The van der Waals surface area contributed by atoms with Crippen LogP contribution in [0.1, 0.15) is 5.69 Å². The number of benzene rings is 7. The van der Waals surface area contributed by atoms with Crippen molar-refractivity contribution in [2.75, 3.05) is 0 Å². The standard InChI is InChI=1S/C43H25N5/c44-26-37-33-15-6-8-16-36(33)45-43(46-37)48-38-17-9-7-14-32(38)34-24-28(19-21-39(34)48)29-20-22-40-35(25-29)42-31-13-5-4-10-27(31)18-23-41(42)47(40)30-11-2-1-3-12-30/h1-25H. The summed E-state index contributed by atoms with van der Waals surface area (Å²) in [6.45, 7) is 0. The van der Waals surface area contributed by atoms with Crippen molar-refractivity contribution in [1.82, 2.24) is 19.1 Å². The highest BCUT2D eigenvalue weighted by Crippen LogP contribution is 2.40. The lowest BCUT2D eigenvalue weighted by molar-refractivity contribution is 1.00. The fourth-order valence-corrected chi connectivity index (χ4v) is 7.44. The summed E-state index contributed by atoms with van der Waals surface area (Å²) in [5.74, 6) is 0.492. The summed E-state index contributed by atoms with van der Waals surface area (Å²) >= 11 is 0. The molecule has 5 nitrogen and oxygen atoms in total. The topological polar surface area (TPSA) is 59.4 Å². The van der Waals surface area contributed by atoms with Crippen LogP contribution in [0.2, 0.25) is 0 Å². The van der Waals surface area contributed by atoms with E-state index in [9.17, 15) is 5.26 Å². The number of nitrogens with zero attached hydrogens (tertiary/aromatic N) is 5. The van der Waals surface area contributed by atoms with E-state index in [1.807, 2.05) is 30.3 Å². The first kappa shape index (κ1) is 26.4. The third kappa shape index (κ3) is 3.78. The van der Waals surface area contributed by atoms with Crippen LogP contribution < -0.4 is 0 Å². The zero-order valence-corrected chi connectivity index (χ0v) is 25.7. The third-order valence-corrected chi connectivity index (χ3v) is 9.57. The summed E-state index contributed by atoms with van der Waals surface area (Å²) in [5.41, 5.74) is 8.90. The molecule has 10 rings (SSSR count). The van der Waals surface area contributed by atoms with Gasteiger partial charge in [0, 0.05) is 32.6 Å². The maximum absolute atomic E-state index is 9.96. The van der Waals surface area contributed by atoms with Crippen molar-refractivity contribution < 1.29 is 0 Å². The molecule has 7 aromatic carbocycles. The van der Waals surface area contributed by atoms with Crippen LogP contribution in [0.5, 0.6) is 0 Å². The zero-order valence-electron chi connectivity index (χ0n) is 25.7. The van der Waals surface area contributed by atoms with Crippen molar-refractivity contribution in [3.05, 3.63) is 157 Å². The number of hydrogen-bond donors (Lipinski definition) is 0. The van der Waals surface area contributed by atoms with Gasteiger partial charge in [0.15, 0.2) is 5.69 Å². The van der Waals surface area contributed by atoms with E-state index in [-0.39, 0.29) is 0 Å². The lowest BCUT2D eigenvalue weighted by Gasteiger charge is -2.09. The Morgan fingerprint density at radius 2 is 1.08 bits per heavy atom. The van der Waals surface area contributed by atoms with E-state index in [1.54, 1.807) is 0 Å². The minimum atomic E-state index is 0.369. The van der Waals surface area contributed by atoms with E-state index < -0.39 is 0 Å². The molecule has 0 bridgehead atoms. The number of fused-ring (bicyclic) bond motifs is 9. The van der Waals surface area contributed by atoms with Crippen molar-refractivity contribution in [2.45, 2.75) is 0 Å². The van der Waals surface area contributed by atoms with Gasteiger partial charge in [-0.3, -0.25) is 4.57 Å². The molecule has 0 amide bonds. The number of nitriles is 1. The monoisotopic (exact) mass is 611 g/mol. The van der Waals surface area contributed by atoms with Crippen molar-refractivity contribution in [1.29, 1.82) is 5.26 Å². The van der Waals surface area contributed by atoms with Gasteiger partial charge in [-0.25, -0.2) is 9.97 Å². The van der Waals surface area contributed by atoms with Crippen LogP contribution in [-0.4, -0.2) is 19.1 Å². The largest absolute Gasteiger partial charge is 0.309 e. The second-order valence-electron chi connectivity index (χ2n) is 12.2. The van der Waals surface area contributed by atoms with Crippen molar-refractivity contribution >= 4 is 65.3 Å². The molecule has 0 spiro atoms. The molecule has 5 heteroatoms. The van der Waals surface area contributed by atoms with E-state index in [1.165, 1.54) is 32.6 Å². The Hall–Kier alpha value is -6.77. The summed E-state index contributed by atoms with van der Waals surface area (Å²) in [4.78, 5) is 9.67. The Balaban J connectivity index is 1.22. The lowest BCUT2D eigenvalue weighted by atomic mass is 9.99. The molecule has 222 valence electrons. The summed E-state index contributed by atoms with van der Waals surface area (Å²) in [6.07, 6.45) is 0. The minimum Gasteiger partial charge on any atom is -0.309 e. The first-order valence-electron chi connectivity index (χ1n) is 16.0. The summed E-state index contributed by atoms with van der Waals surface area (Å²) in [6, 6.07) is 55.4. The molecular weight excluding hydrogens is 587 g/mol. The third-order valence-electron chi connectivity index (χ3n) is 9.57. The average molecular weight is 612 g/mol.